The summed E-state index contributed by atoms with van der Waals surface area (Å²) in [5.74, 6) is 0.680. The Morgan fingerprint density at radius 2 is 1.88 bits per heavy atom. The molecule has 4 rings (SSSR count). The van der Waals surface area contributed by atoms with Gasteiger partial charge in [0.05, 0.1) is 18.1 Å². The highest BCUT2D eigenvalue weighted by Crippen LogP contribution is 2.19. The van der Waals surface area contributed by atoms with E-state index in [0.29, 0.717) is 12.2 Å². The minimum atomic E-state index is -3.63. The van der Waals surface area contributed by atoms with Gasteiger partial charge < -0.3 is 14.8 Å². The highest BCUT2D eigenvalue weighted by molar-refractivity contribution is 7.89. The second-order valence-electron chi connectivity index (χ2n) is 8.89. The molecule has 0 aliphatic carbocycles. The normalized spacial score (nSPS) is 19.7. The zero-order chi connectivity index (χ0) is 24.0. The number of hydrogen-bond donors (Lipinski definition) is 2. The third kappa shape index (κ3) is 6.56. The summed E-state index contributed by atoms with van der Waals surface area (Å²) >= 11 is 0. The van der Waals surface area contributed by atoms with Gasteiger partial charge in [-0.25, -0.2) is 13.1 Å². The van der Waals surface area contributed by atoms with Gasteiger partial charge >= 0.3 is 0 Å². The van der Waals surface area contributed by atoms with E-state index in [2.05, 4.69) is 27.1 Å². The largest absolute Gasteiger partial charge is 0.497 e. The lowest BCUT2D eigenvalue weighted by atomic mass is 10.0. The first-order valence-corrected chi connectivity index (χ1v) is 13.3. The van der Waals surface area contributed by atoms with E-state index in [4.69, 9.17) is 9.47 Å². The smallest absolute Gasteiger partial charge is 0.251 e. The highest BCUT2D eigenvalue weighted by Gasteiger charge is 2.23. The molecular formula is C25H33N3O5S. The van der Waals surface area contributed by atoms with Crippen LogP contribution in [0.3, 0.4) is 0 Å². The van der Waals surface area contributed by atoms with E-state index < -0.39 is 10.0 Å². The monoisotopic (exact) mass is 487 g/mol. The summed E-state index contributed by atoms with van der Waals surface area (Å²) in [6.45, 7) is 3.60. The van der Waals surface area contributed by atoms with Gasteiger partial charge in [-0.15, -0.1) is 0 Å². The molecule has 34 heavy (non-hydrogen) atoms. The fourth-order valence-corrected chi connectivity index (χ4v) is 5.48. The molecule has 2 aromatic rings. The summed E-state index contributed by atoms with van der Waals surface area (Å²) < 4.78 is 38.4. The summed E-state index contributed by atoms with van der Waals surface area (Å²) in [6, 6.07) is 14.3. The molecule has 2 fully saturated rings. The molecule has 184 valence electrons. The molecule has 1 amide bonds. The number of carbonyl (C=O) groups is 1. The number of methoxy groups -OCH3 is 1. The molecule has 2 saturated heterocycles. The lowest BCUT2D eigenvalue weighted by Crippen LogP contribution is -2.44. The second kappa shape index (κ2) is 11.3. The van der Waals surface area contributed by atoms with Gasteiger partial charge in [0.15, 0.2) is 0 Å². The summed E-state index contributed by atoms with van der Waals surface area (Å²) in [4.78, 5) is 15.2. The van der Waals surface area contributed by atoms with Crippen LogP contribution in [-0.2, 0) is 21.3 Å². The standard InChI is InChI=1S/C25H33N3O5S/c1-32-22-5-2-4-19(16-22)18-28-13-11-21(12-14-28)27-25(29)20-7-9-24(10-8-20)34(30,31)26-17-23-6-3-15-33-23/h2,4-5,7-10,16,21,23,26H,3,6,11-15,17-18H2,1H3,(H,27,29). The Morgan fingerprint density at radius 1 is 1.12 bits per heavy atom. The van der Waals surface area contributed by atoms with Crippen molar-refractivity contribution in [3.63, 3.8) is 0 Å². The quantitative estimate of drug-likeness (QED) is 0.564. The first kappa shape index (κ1) is 24.7. The van der Waals surface area contributed by atoms with Crippen LogP contribution in [-0.4, -0.2) is 64.7 Å². The summed E-state index contributed by atoms with van der Waals surface area (Å²) in [6.07, 6.45) is 3.49. The van der Waals surface area contributed by atoms with Crippen molar-refractivity contribution in [2.45, 2.75) is 49.3 Å². The molecule has 0 aromatic heterocycles. The molecule has 1 unspecified atom stereocenters. The van der Waals surface area contributed by atoms with Crippen LogP contribution < -0.4 is 14.8 Å². The minimum Gasteiger partial charge on any atom is -0.497 e. The Bertz CT molecular complexity index is 1060. The summed E-state index contributed by atoms with van der Waals surface area (Å²) in [7, 11) is -1.96. The predicted octanol–water partition coefficient (Wildman–Crippen LogP) is 2.55. The Labute approximate surface area is 201 Å². The maximum Gasteiger partial charge on any atom is 0.251 e. The predicted molar refractivity (Wildman–Crippen MR) is 129 cm³/mol. The summed E-state index contributed by atoms with van der Waals surface area (Å²) in [5, 5.41) is 3.09. The van der Waals surface area contributed by atoms with Crippen molar-refractivity contribution in [2.24, 2.45) is 0 Å². The average Bonchev–Trinajstić information content (AvgIpc) is 3.38. The molecule has 9 heteroatoms. The van der Waals surface area contributed by atoms with Gasteiger partial charge in [0.1, 0.15) is 5.75 Å². The second-order valence-corrected chi connectivity index (χ2v) is 10.7. The number of sulfonamides is 1. The van der Waals surface area contributed by atoms with Gasteiger partial charge in [-0.3, -0.25) is 9.69 Å². The number of piperidine rings is 1. The van der Waals surface area contributed by atoms with Crippen LogP contribution >= 0.6 is 0 Å². The number of carbonyl (C=O) groups excluding carboxylic acids is 1. The van der Waals surface area contributed by atoms with Crippen molar-refractivity contribution in [1.29, 1.82) is 0 Å². The zero-order valence-corrected chi connectivity index (χ0v) is 20.4. The molecule has 0 saturated carbocycles. The van der Waals surface area contributed by atoms with Crippen LogP contribution in [0.15, 0.2) is 53.4 Å². The van der Waals surface area contributed by atoms with E-state index >= 15 is 0 Å². The Morgan fingerprint density at radius 3 is 2.56 bits per heavy atom. The molecule has 0 radical (unpaired) electrons. The number of nitrogens with one attached hydrogen (secondary N) is 2. The van der Waals surface area contributed by atoms with Crippen molar-refractivity contribution in [2.75, 3.05) is 33.4 Å². The third-order valence-electron chi connectivity index (χ3n) is 6.41. The number of hydrogen-bond acceptors (Lipinski definition) is 6. The Balaban J connectivity index is 1.24. The molecule has 2 aliphatic heterocycles. The van der Waals surface area contributed by atoms with E-state index in [1.54, 1.807) is 19.2 Å². The molecule has 2 N–H and O–H groups in total. The molecule has 2 aromatic carbocycles. The van der Waals surface area contributed by atoms with Crippen molar-refractivity contribution in [1.82, 2.24) is 14.9 Å². The van der Waals surface area contributed by atoms with Crippen molar-refractivity contribution < 1.29 is 22.7 Å². The van der Waals surface area contributed by atoms with Crippen molar-refractivity contribution >= 4 is 15.9 Å². The van der Waals surface area contributed by atoms with Gasteiger partial charge in [0.25, 0.3) is 5.91 Å². The number of benzene rings is 2. The number of nitrogens with zero attached hydrogens (tertiary/aromatic N) is 1. The molecule has 2 aliphatic rings. The third-order valence-corrected chi connectivity index (χ3v) is 7.85. The topological polar surface area (TPSA) is 97.0 Å². The first-order chi connectivity index (χ1) is 16.4. The summed E-state index contributed by atoms with van der Waals surface area (Å²) in [5.41, 5.74) is 1.67. The van der Waals surface area contributed by atoms with Crippen molar-refractivity contribution in [3.05, 3.63) is 59.7 Å². The molecule has 1 atom stereocenters. The molecule has 0 spiro atoms. The minimum absolute atomic E-state index is 0.0678. The zero-order valence-electron chi connectivity index (χ0n) is 19.5. The van der Waals surface area contributed by atoms with Crippen LogP contribution in [0.1, 0.15) is 41.6 Å². The van der Waals surface area contributed by atoms with E-state index in [-0.39, 0.29) is 29.5 Å². The van der Waals surface area contributed by atoms with Crippen LogP contribution in [0.5, 0.6) is 5.75 Å². The van der Waals surface area contributed by atoms with E-state index in [9.17, 15) is 13.2 Å². The van der Waals surface area contributed by atoms with Gasteiger partial charge in [-0.2, -0.15) is 0 Å². The van der Waals surface area contributed by atoms with Crippen LogP contribution in [0, 0.1) is 0 Å². The average molecular weight is 488 g/mol. The SMILES string of the molecule is COc1cccc(CN2CCC(NC(=O)c3ccc(S(=O)(=O)NCC4CCCO4)cc3)CC2)c1. The molecular weight excluding hydrogens is 454 g/mol. The van der Waals surface area contributed by atoms with Crippen LogP contribution in [0.25, 0.3) is 0 Å². The number of likely N-dealkylation sites (tertiary alicyclic amines) is 1. The van der Waals surface area contributed by atoms with Gasteiger partial charge in [-0.05, 0) is 67.6 Å². The maximum absolute atomic E-state index is 12.7. The molecule has 8 nitrogen and oxygen atoms in total. The van der Waals surface area contributed by atoms with E-state index in [0.717, 1.165) is 51.1 Å². The first-order valence-electron chi connectivity index (χ1n) is 11.8. The lowest BCUT2D eigenvalue weighted by Gasteiger charge is -2.32. The number of ether oxygens (including phenoxy) is 2. The highest BCUT2D eigenvalue weighted by atomic mass is 32.2. The molecule has 2 heterocycles. The van der Waals surface area contributed by atoms with E-state index in [1.165, 1.54) is 17.7 Å². The number of rotatable bonds is 9. The van der Waals surface area contributed by atoms with Gasteiger partial charge in [-0.1, -0.05) is 12.1 Å². The van der Waals surface area contributed by atoms with Crippen LogP contribution in [0.2, 0.25) is 0 Å². The lowest BCUT2D eigenvalue weighted by molar-refractivity contribution is 0.0908. The maximum atomic E-state index is 12.7. The van der Waals surface area contributed by atoms with Gasteiger partial charge in [0.2, 0.25) is 10.0 Å². The van der Waals surface area contributed by atoms with Gasteiger partial charge in [0, 0.05) is 44.4 Å². The van der Waals surface area contributed by atoms with Crippen LogP contribution in [0.4, 0.5) is 0 Å². The van der Waals surface area contributed by atoms with E-state index in [1.807, 2.05) is 12.1 Å². The fourth-order valence-electron chi connectivity index (χ4n) is 4.41. The number of amides is 1. The Kier molecular flexibility index (Phi) is 8.20. The Hall–Kier alpha value is -2.46. The molecule has 0 bridgehead atoms. The van der Waals surface area contributed by atoms with Crippen molar-refractivity contribution in [3.8, 4) is 5.75 Å². The fraction of sp³-hybridized carbons (Fsp3) is 0.480.